The zero-order chi connectivity index (χ0) is 10.8. The van der Waals surface area contributed by atoms with Crippen LogP contribution in [0, 0.1) is 18.3 Å². The number of carbonyl (C=O) groups excluding carboxylic acids is 1. The van der Waals surface area contributed by atoms with Gasteiger partial charge in [-0.05, 0) is 19.3 Å². The first kappa shape index (κ1) is 13.0. The molecule has 0 heterocycles. The van der Waals surface area contributed by atoms with Crippen molar-refractivity contribution < 1.29 is 4.79 Å². The molecule has 0 aliphatic carbocycles. The Morgan fingerprint density at radius 2 is 2.29 bits per heavy atom. The summed E-state index contributed by atoms with van der Waals surface area (Å²) in [6.45, 7) is 3.10. The van der Waals surface area contributed by atoms with Gasteiger partial charge in [0.15, 0.2) is 0 Å². The quantitative estimate of drug-likeness (QED) is 0.469. The van der Waals surface area contributed by atoms with E-state index in [0.717, 1.165) is 25.7 Å². The van der Waals surface area contributed by atoms with Gasteiger partial charge in [0, 0.05) is 25.4 Å². The molecule has 0 rings (SSSR count). The summed E-state index contributed by atoms with van der Waals surface area (Å²) in [7, 11) is 0. The summed E-state index contributed by atoms with van der Waals surface area (Å²) in [5, 5.41) is 2.86. The van der Waals surface area contributed by atoms with E-state index < -0.39 is 0 Å². The lowest BCUT2D eigenvalue weighted by atomic mass is 10.1. The van der Waals surface area contributed by atoms with Crippen LogP contribution in [0.15, 0.2) is 0 Å². The molecule has 0 spiro atoms. The van der Waals surface area contributed by atoms with E-state index in [1.807, 2.05) is 6.92 Å². The molecule has 1 amide bonds. The molecule has 3 N–H and O–H groups in total. The third-order valence-electron chi connectivity index (χ3n) is 2.20. The van der Waals surface area contributed by atoms with E-state index in [1.165, 1.54) is 0 Å². The second-order valence-corrected chi connectivity index (χ2v) is 3.29. The maximum Gasteiger partial charge on any atom is 0.224 e. The molecule has 0 saturated heterocycles. The fourth-order valence-corrected chi connectivity index (χ4v) is 1.17. The van der Waals surface area contributed by atoms with Crippen LogP contribution in [0.2, 0.25) is 0 Å². The van der Waals surface area contributed by atoms with Crippen LogP contribution in [0.4, 0.5) is 0 Å². The molecule has 3 heteroatoms. The number of nitrogens with one attached hydrogen (secondary N) is 1. The first-order valence-corrected chi connectivity index (χ1v) is 5.17. The highest BCUT2D eigenvalue weighted by Crippen LogP contribution is 1.99. The number of amides is 1. The average molecular weight is 196 g/mol. The van der Waals surface area contributed by atoms with E-state index in [2.05, 4.69) is 11.2 Å². The van der Waals surface area contributed by atoms with Gasteiger partial charge in [0.2, 0.25) is 5.91 Å². The monoisotopic (exact) mass is 196 g/mol. The van der Waals surface area contributed by atoms with Gasteiger partial charge in [-0.1, -0.05) is 6.92 Å². The summed E-state index contributed by atoms with van der Waals surface area (Å²) in [6.07, 6.45) is 8.60. The summed E-state index contributed by atoms with van der Waals surface area (Å²) in [6, 6.07) is 0. The zero-order valence-electron chi connectivity index (χ0n) is 8.88. The van der Waals surface area contributed by atoms with E-state index in [1.54, 1.807) is 0 Å². The Morgan fingerprint density at radius 3 is 2.79 bits per heavy atom. The Kier molecular flexibility index (Phi) is 7.96. The van der Waals surface area contributed by atoms with Gasteiger partial charge in [-0.3, -0.25) is 4.79 Å². The van der Waals surface area contributed by atoms with Crippen LogP contribution in [0.25, 0.3) is 0 Å². The molecule has 80 valence electrons. The summed E-state index contributed by atoms with van der Waals surface area (Å²) < 4.78 is 0. The van der Waals surface area contributed by atoms with Crippen molar-refractivity contribution in [2.24, 2.45) is 11.7 Å². The lowest BCUT2D eigenvalue weighted by molar-refractivity contribution is -0.124. The number of terminal acetylenes is 1. The van der Waals surface area contributed by atoms with Gasteiger partial charge < -0.3 is 11.1 Å². The second-order valence-electron chi connectivity index (χ2n) is 3.29. The molecule has 0 radical (unpaired) electrons. The molecule has 3 nitrogen and oxygen atoms in total. The van der Waals surface area contributed by atoms with Crippen molar-refractivity contribution >= 4 is 5.91 Å². The van der Waals surface area contributed by atoms with Gasteiger partial charge in [0.05, 0.1) is 0 Å². The number of rotatable bonds is 7. The molecule has 0 aliphatic rings. The zero-order valence-corrected chi connectivity index (χ0v) is 8.88. The molecule has 0 bridgehead atoms. The number of hydrogen-bond acceptors (Lipinski definition) is 2. The predicted octanol–water partition coefficient (Wildman–Crippen LogP) is 0.891. The molecule has 0 aromatic heterocycles. The molecule has 0 fully saturated rings. The summed E-state index contributed by atoms with van der Waals surface area (Å²) in [5.74, 6) is 2.59. The Hall–Kier alpha value is -1.01. The van der Waals surface area contributed by atoms with Gasteiger partial charge in [0.25, 0.3) is 0 Å². The highest BCUT2D eigenvalue weighted by Gasteiger charge is 2.12. The highest BCUT2D eigenvalue weighted by molar-refractivity contribution is 5.78. The Morgan fingerprint density at radius 1 is 1.57 bits per heavy atom. The Balaban J connectivity index is 3.48. The maximum absolute atomic E-state index is 11.4. The first-order chi connectivity index (χ1) is 6.76. The van der Waals surface area contributed by atoms with Gasteiger partial charge in [0.1, 0.15) is 0 Å². The van der Waals surface area contributed by atoms with Crippen molar-refractivity contribution in [3.8, 4) is 12.3 Å². The van der Waals surface area contributed by atoms with Gasteiger partial charge in [-0.15, -0.1) is 12.3 Å². The second kappa shape index (κ2) is 8.58. The molecule has 14 heavy (non-hydrogen) atoms. The van der Waals surface area contributed by atoms with E-state index in [0.29, 0.717) is 13.1 Å². The van der Waals surface area contributed by atoms with Crippen molar-refractivity contribution in [3.63, 3.8) is 0 Å². The lowest BCUT2D eigenvalue weighted by Gasteiger charge is -2.11. The number of unbranched alkanes of at least 4 members (excludes halogenated alkanes) is 2. The van der Waals surface area contributed by atoms with Crippen LogP contribution < -0.4 is 11.1 Å². The van der Waals surface area contributed by atoms with Crippen molar-refractivity contribution in [1.82, 2.24) is 5.32 Å². The Bertz CT molecular complexity index is 192. The lowest BCUT2D eigenvalue weighted by Crippen LogP contribution is -2.35. The van der Waals surface area contributed by atoms with Gasteiger partial charge in [-0.25, -0.2) is 0 Å². The SMILES string of the molecule is C#CCCCCNC(=O)C(CC)CN. The van der Waals surface area contributed by atoms with Crippen LogP contribution in [0.5, 0.6) is 0 Å². The molecule has 0 saturated carbocycles. The highest BCUT2D eigenvalue weighted by atomic mass is 16.1. The number of carbonyl (C=O) groups is 1. The predicted molar refractivity (Wildman–Crippen MR) is 58.5 cm³/mol. The maximum atomic E-state index is 11.4. The molecule has 0 aliphatic heterocycles. The van der Waals surface area contributed by atoms with Crippen LogP contribution in [-0.2, 0) is 4.79 Å². The Labute approximate surface area is 86.4 Å². The first-order valence-electron chi connectivity index (χ1n) is 5.17. The minimum absolute atomic E-state index is 0.0392. The molecule has 1 atom stereocenters. The smallest absolute Gasteiger partial charge is 0.224 e. The molecule has 1 unspecified atom stereocenters. The van der Waals surface area contributed by atoms with Crippen LogP contribution >= 0.6 is 0 Å². The minimum atomic E-state index is -0.0392. The normalized spacial score (nSPS) is 11.8. The fourth-order valence-electron chi connectivity index (χ4n) is 1.17. The summed E-state index contributed by atoms with van der Waals surface area (Å²) >= 11 is 0. The van der Waals surface area contributed by atoms with Crippen LogP contribution in [-0.4, -0.2) is 19.0 Å². The third kappa shape index (κ3) is 5.60. The van der Waals surface area contributed by atoms with Gasteiger partial charge in [-0.2, -0.15) is 0 Å². The summed E-state index contributed by atoms with van der Waals surface area (Å²) in [4.78, 5) is 11.4. The van der Waals surface area contributed by atoms with Crippen molar-refractivity contribution in [1.29, 1.82) is 0 Å². The third-order valence-corrected chi connectivity index (χ3v) is 2.20. The van der Waals surface area contributed by atoms with Crippen molar-refractivity contribution in [2.45, 2.75) is 32.6 Å². The molecular weight excluding hydrogens is 176 g/mol. The van der Waals surface area contributed by atoms with Gasteiger partial charge >= 0.3 is 0 Å². The fraction of sp³-hybridized carbons (Fsp3) is 0.727. The molecular formula is C11H20N2O. The van der Waals surface area contributed by atoms with E-state index in [-0.39, 0.29) is 11.8 Å². The van der Waals surface area contributed by atoms with E-state index in [9.17, 15) is 4.79 Å². The molecule has 0 aromatic rings. The summed E-state index contributed by atoms with van der Waals surface area (Å²) in [5.41, 5.74) is 5.45. The number of hydrogen-bond donors (Lipinski definition) is 2. The van der Waals surface area contributed by atoms with Crippen LogP contribution in [0.1, 0.15) is 32.6 Å². The van der Waals surface area contributed by atoms with E-state index >= 15 is 0 Å². The standard InChI is InChI=1S/C11H20N2O/c1-3-5-6-7-8-13-11(14)10(4-2)9-12/h1,10H,4-9,12H2,2H3,(H,13,14). The average Bonchev–Trinajstić information content (AvgIpc) is 2.19. The largest absolute Gasteiger partial charge is 0.356 e. The minimum Gasteiger partial charge on any atom is -0.356 e. The number of nitrogens with two attached hydrogens (primary N) is 1. The topological polar surface area (TPSA) is 55.1 Å². The van der Waals surface area contributed by atoms with E-state index in [4.69, 9.17) is 12.2 Å². The van der Waals surface area contributed by atoms with Crippen LogP contribution in [0.3, 0.4) is 0 Å². The van der Waals surface area contributed by atoms with Crippen molar-refractivity contribution in [3.05, 3.63) is 0 Å². The molecule has 0 aromatic carbocycles. The van der Waals surface area contributed by atoms with Crippen molar-refractivity contribution in [2.75, 3.05) is 13.1 Å².